The van der Waals surface area contributed by atoms with Crippen LogP contribution in [0.5, 0.6) is 0 Å². The molecule has 98 valence electrons. The summed E-state index contributed by atoms with van der Waals surface area (Å²) in [6.07, 6.45) is 0.0688. The topological polar surface area (TPSA) is 49.3 Å². The van der Waals surface area contributed by atoms with E-state index in [1.54, 1.807) is 0 Å². The number of nitrogens with one attached hydrogen (secondary N) is 1. The molecule has 0 amide bonds. The van der Waals surface area contributed by atoms with Gasteiger partial charge in [0, 0.05) is 16.7 Å². The molecule has 0 unspecified atom stereocenters. The molecule has 0 aliphatic rings. The van der Waals surface area contributed by atoms with Crippen molar-refractivity contribution in [1.29, 1.82) is 0 Å². The monoisotopic (exact) mass is 319 g/mol. The highest BCUT2D eigenvalue weighted by atomic mass is 79.9. The minimum absolute atomic E-state index is 0.0688. The quantitative estimate of drug-likeness (QED) is 0.883. The van der Waals surface area contributed by atoms with Gasteiger partial charge in [-0.25, -0.2) is 0 Å². The van der Waals surface area contributed by atoms with Gasteiger partial charge in [-0.15, -0.1) is 0 Å². The summed E-state index contributed by atoms with van der Waals surface area (Å²) in [5.74, 6) is -0.806. The summed E-state index contributed by atoms with van der Waals surface area (Å²) in [5.41, 5.74) is 2.98. The van der Waals surface area contributed by atoms with Crippen molar-refractivity contribution in [2.24, 2.45) is 0 Å². The third-order valence-corrected chi connectivity index (χ3v) is 3.19. The van der Waals surface area contributed by atoms with E-state index in [9.17, 15) is 4.79 Å². The summed E-state index contributed by atoms with van der Waals surface area (Å²) < 4.78 is 1.04. The standard InChI is InChI=1S/C15H14BrNO2/c16-13-2-1-3-14(9-13)17-10-12-6-4-11(5-7-12)8-15(18)19/h1-7,9,17H,8,10H2,(H,18,19). The van der Waals surface area contributed by atoms with Crippen LogP contribution in [-0.2, 0) is 17.8 Å². The van der Waals surface area contributed by atoms with Gasteiger partial charge in [0.05, 0.1) is 6.42 Å². The Morgan fingerprint density at radius 3 is 2.42 bits per heavy atom. The molecule has 0 spiro atoms. The van der Waals surface area contributed by atoms with Gasteiger partial charge in [-0.1, -0.05) is 46.3 Å². The van der Waals surface area contributed by atoms with Crippen LogP contribution in [0.1, 0.15) is 11.1 Å². The summed E-state index contributed by atoms with van der Waals surface area (Å²) in [4.78, 5) is 10.6. The van der Waals surface area contributed by atoms with E-state index in [1.807, 2.05) is 48.5 Å². The molecule has 0 fully saturated rings. The van der Waals surface area contributed by atoms with E-state index >= 15 is 0 Å². The van der Waals surface area contributed by atoms with Gasteiger partial charge >= 0.3 is 5.97 Å². The number of anilines is 1. The van der Waals surface area contributed by atoms with Gasteiger partial charge in [0.1, 0.15) is 0 Å². The Bertz CT molecular complexity index is 567. The summed E-state index contributed by atoms with van der Waals surface area (Å²) in [6, 6.07) is 15.6. The molecule has 0 atom stereocenters. The van der Waals surface area contributed by atoms with Gasteiger partial charge in [-0.05, 0) is 29.3 Å². The number of carboxylic acid groups (broad SMARTS) is 1. The lowest BCUT2D eigenvalue weighted by Gasteiger charge is -2.07. The Labute approximate surface area is 120 Å². The van der Waals surface area contributed by atoms with Crippen molar-refractivity contribution in [3.8, 4) is 0 Å². The molecular weight excluding hydrogens is 306 g/mol. The van der Waals surface area contributed by atoms with Crippen molar-refractivity contribution in [3.63, 3.8) is 0 Å². The van der Waals surface area contributed by atoms with E-state index in [0.29, 0.717) is 6.54 Å². The number of benzene rings is 2. The summed E-state index contributed by atoms with van der Waals surface area (Å²) in [7, 11) is 0. The summed E-state index contributed by atoms with van der Waals surface area (Å²) in [6.45, 7) is 0.712. The van der Waals surface area contributed by atoms with Gasteiger partial charge in [-0.3, -0.25) is 4.79 Å². The third-order valence-electron chi connectivity index (χ3n) is 2.70. The number of rotatable bonds is 5. The lowest BCUT2D eigenvalue weighted by Crippen LogP contribution is -2.02. The minimum Gasteiger partial charge on any atom is -0.481 e. The number of hydrogen-bond acceptors (Lipinski definition) is 2. The largest absolute Gasteiger partial charge is 0.481 e. The molecule has 0 aliphatic heterocycles. The zero-order valence-corrected chi connectivity index (χ0v) is 11.9. The van der Waals surface area contributed by atoms with Crippen LogP contribution in [0.3, 0.4) is 0 Å². The zero-order chi connectivity index (χ0) is 13.7. The van der Waals surface area contributed by atoms with Gasteiger partial charge in [0.15, 0.2) is 0 Å². The zero-order valence-electron chi connectivity index (χ0n) is 10.3. The van der Waals surface area contributed by atoms with Crippen LogP contribution in [-0.4, -0.2) is 11.1 Å². The fraction of sp³-hybridized carbons (Fsp3) is 0.133. The highest BCUT2D eigenvalue weighted by Gasteiger charge is 2.00. The first kappa shape index (κ1) is 13.6. The first-order valence-electron chi connectivity index (χ1n) is 5.92. The van der Waals surface area contributed by atoms with Crippen LogP contribution in [0.2, 0.25) is 0 Å². The molecule has 2 N–H and O–H groups in total. The molecule has 19 heavy (non-hydrogen) atoms. The van der Waals surface area contributed by atoms with Crippen molar-refractivity contribution in [3.05, 3.63) is 64.1 Å². The van der Waals surface area contributed by atoms with E-state index in [-0.39, 0.29) is 6.42 Å². The number of halogens is 1. The van der Waals surface area contributed by atoms with E-state index in [1.165, 1.54) is 0 Å². The fourth-order valence-electron chi connectivity index (χ4n) is 1.75. The van der Waals surface area contributed by atoms with Crippen LogP contribution >= 0.6 is 15.9 Å². The molecule has 2 aromatic rings. The highest BCUT2D eigenvalue weighted by Crippen LogP contribution is 2.16. The maximum Gasteiger partial charge on any atom is 0.307 e. The van der Waals surface area contributed by atoms with E-state index in [2.05, 4.69) is 21.2 Å². The SMILES string of the molecule is O=C(O)Cc1ccc(CNc2cccc(Br)c2)cc1. The molecule has 2 rings (SSSR count). The Morgan fingerprint density at radius 1 is 1.11 bits per heavy atom. The number of carbonyl (C=O) groups is 1. The first-order chi connectivity index (χ1) is 9.13. The van der Waals surface area contributed by atoms with Crippen LogP contribution in [0.4, 0.5) is 5.69 Å². The lowest BCUT2D eigenvalue weighted by atomic mass is 10.1. The predicted octanol–water partition coefficient (Wildman–Crippen LogP) is 3.69. The number of aliphatic carboxylic acids is 1. The Hall–Kier alpha value is -1.81. The average Bonchev–Trinajstić information content (AvgIpc) is 2.37. The normalized spacial score (nSPS) is 10.2. The molecule has 4 heteroatoms. The van der Waals surface area contributed by atoms with Gasteiger partial charge in [-0.2, -0.15) is 0 Å². The van der Waals surface area contributed by atoms with E-state index in [4.69, 9.17) is 5.11 Å². The van der Waals surface area contributed by atoms with E-state index < -0.39 is 5.97 Å². The maximum atomic E-state index is 10.6. The average molecular weight is 320 g/mol. The Balaban J connectivity index is 1.94. The third kappa shape index (κ3) is 4.41. The second-order valence-corrected chi connectivity index (χ2v) is 5.17. The van der Waals surface area contributed by atoms with Crippen LogP contribution in [0, 0.1) is 0 Å². The Morgan fingerprint density at radius 2 is 1.79 bits per heavy atom. The van der Waals surface area contributed by atoms with Crippen LogP contribution in [0.25, 0.3) is 0 Å². The second-order valence-electron chi connectivity index (χ2n) is 4.25. The van der Waals surface area contributed by atoms with Crippen LogP contribution < -0.4 is 5.32 Å². The molecular formula is C15H14BrNO2. The molecule has 0 bridgehead atoms. The van der Waals surface area contributed by atoms with Crippen molar-refractivity contribution >= 4 is 27.6 Å². The maximum absolute atomic E-state index is 10.6. The van der Waals surface area contributed by atoms with Crippen molar-refractivity contribution < 1.29 is 9.90 Å². The number of carboxylic acids is 1. The van der Waals surface area contributed by atoms with Gasteiger partial charge in [0.25, 0.3) is 0 Å². The summed E-state index contributed by atoms with van der Waals surface area (Å²) in [5, 5.41) is 12.0. The van der Waals surface area contributed by atoms with Gasteiger partial charge in [0.2, 0.25) is 0 Å². The van der Waals surface area contributed by atoms with Crippen molar-refractivity contribution in [1.82, 2.24) is 0 Å². The van der Waals surface area contributed by atoms with Crippen LogP contribution in [0.15, 0.2) is 53.0 Å². The fourth-order valence-corrected chi connectivity index (χ4v) is 2.15. The first-order valence-corrected chi connectivity index (χ1v) is 6.72. The molecule has 0 aromatic heterocycles. The summed E-state index contributed by atoms with van der Waals surface area (Å²) >= 11 is 3.43. The van der Waals surface area contributed by atoms with E-state index in [0.717, 1.165) is 21.3 Å². The Kier molecular flexibility index (Phi) is 4.58. The molecule has 0 saturated carbocycles. The van der Waals surface area contributed by atoms with Crippen molar-refractivity contribution in [2.45, 2.75) is 13.0 Å². The second kappa shape index (κ2) is 6.38. The molecule has 0 heterocycles. The minimum atomic E-state index is -0.806. The predicted molar refractivity (Wildman–Crippen MR) is 79.3 cm³/mol. The lowest BCUT2D eigenvalue weighted by molar-refractivity contribution is -0.136. The smallest absolute Gasteiger partial charge is 0.307 e. The van der Waals surface area contributed by atoms with Crippen molar-refractivity contribution in [2.75, 3.05) is 5.32 Å². The molecule has 3 nitrogen and oxygen atoms in total. The number of hydrogen-bond donors (Lipinski definition) is 2. The molecule has 0 aliphatic carbocycles. The highest BCUT2D eigenvalue weighted by molar-refractivity contribution is 9.10. The molecule has 2 aromatic carbocycles. The van der Waals surface area contributed by atoms with Gasteiger partial charge < -0.3 is 10.4 Å². The molecule has 0 radical (unpaired) electrons. The molecule has 0 saturated heterocycles.